The summed E-state index contributed by atoms with van der Waals surface area (Å²) in [6.45, 7) is 0.282. The van der Waals surface area contributed by atoms with Crippen molar-refractivity contribution in [1.82, 2.24) is 5.32 Å². The van der Waals surface area contributed by atoms with Gasteiger partial charge in [-0.3, -0.25) is 4.79 Å². The molecule has 1 amide bonds. The Morgan fingerprint density at radius 1 is 1.14 bits per heavy atom. The van der Waals surface area contributed by atoms with Crippen molar-refractivity contribution in [3.05, 3.63) is 67.8 Å². The summed E-state index contributed by atoms with van der Waals surface area (Å²) < 4.78 is 26.8. The van der Waals surface area contributed by atoms with Gasteiger partial charge in [0.25, 0.3) is 5.91 Å². The van der Waals surface area contributed by atoms with Crippen LogP contribution < -0.4 is 5.32 Å². The molecule has 21 heavy (non-hydrogen) atoms. The van der Waals surface area contributed by atoms with Gasteiger partial charge in [0, 0.05) is 21.2 Å². The van der Waals surface area contributed by atoms with Gasteiger partial charge in [-0.05, 0) is 64.9 Å². The first kappa shape index (κ1) is 16.2. The lowest BCUT2D eigenvalue weighted by molar-refractivity contribution is 0.0953. The highest BCUT2D eigenvalue weighted by molar-refractivity contribution is 14.1. The first-order valence-electron chi connectivity index (χ1n) is 6.14. The van der Waals surface area contributed by atoms with E-state index in [1.54, 1.807) is 18.2 Å². The highest BCUT2D eigenvalue weighted by Gasteiger charge is 2.10. The topological polar surface area (TPSA) is 29.1 Å². The summed E-state index contributed by atoms with van der Waals surface area (Å²) in [6, 6.07) is 8.35. The zero-order valence-corrected chi connectivity index (χ0v) is 13.7. The average molecular weight is 422 g/mol. The minimum atomic E-state index is -0.624. The summed E-state index contributed by atoms with van der Waals surface area (Å²) in [6.07, 6.45) is 0.345. The third-order valence-corrected chi connectivity index (χ3v) is 3.97. The predicted molar refractivity (Wildman–Crippen MR) is 86.6 cm³/mol. The molecular weight excluding hydrogens is 411 g/mol. The standard InChI is InChI=1S/C15H11ClF2INO/c16-10-1-2-14(19)13(7-10)15(21)20-4-3-9-5-11(17)8-12(18)6-9/h1-2,5-8H,3-4H2,(H,20,21). The van der Waals surface area contributed by atoms with Gasteiger partial charge in [0.05, 0.1) is 5.56 Å². The fraction of sp³-hybridized carbons (Fsp3) is 0.133. The van der Waals surface area contributed by atoms with E-state index in [0.717, 1.165) is 9.64 Å². The highest BCUT2D eigenvalue weighted by Crippen LogP contribution is 2.17. The number of rotatable bonds is 4. The van der Waals surface area contributed by atoms with E-state index in [-0.39, 0.29) is 12.5 Å². The Labute approximate surface area is 139 Å². The average Bonchev–Trinajstić information content (AvgIpc) is 2.40. The van der Waals surface area contributed by atoms with Crippen LogP contribution in [-0.2, 0) is 6.42 Å². The summed E-state index contributed by atoms with van der Waals surface area (Å²) in [5.74, 6) is -1.51. The Hall–Kier alpha value is -1.21. The lowest BCUT2D eigenvalue weighted by Gasteiger charge is -2.08. The molecule has 0 bridgehead atoms. The van der Waals surface area contributed by atoms with Gasteiger partial charge >= 0.3 is 0 Å². The fourth-order valence-corrected chi connectivity index (χ4v) is 2.59. The number of halogens is 4. The van der Waals surface area contributed by atoms with E-state index in [4.69, 9.17) is 11.6 Å². The summed E-state index contributed by atoms with van der Waals surface area (Å²) in [5, 5.41) is 3.19. The lowest BCUT2D eigenvalue weighted by Crippen LogP contribution is -2.26. The first-order valence-corrected chi connectivity index (χ1v) is 7.59. The second-order valence-electron chi connectivity index (χ2n) is 4.41. The van der Waals surface area contributed by atoms with Crippen LogP contribution in [0.5, 0.6) is 0 Å². The number of benzene rings is 2. The molecule has 0 radical (unpaired) electrons. The molecule has 0 aliphatic rings. The van der Waals surface area contributed by atoms with Gasteiger partial charge in [-0.15, -0.1) is 0 Å². The minimum absolute atomic E-state index is 0.265. The molecule has 2 aromatic rings. The Morgan fingerprint density at radius 2 is 1.81 bits per heavy atom. The molecule has 2 aromatic carbocycles. The van der Waals surface area contributed by atoms with E-state index in [9.17, 15) is 13.6 Å². The molecule has 0 aliphatic heterocycles. The number of hydrogen-bond acceptors (Lipinski definition) is 1. The molecule has 6 heteroatoms. The van der Waals surface area contributed by atoms with E-state index in [1.165, 1.54) is 12.1 Å². The molecule has 0 fully saturated rings. The van der Waals surface area contributed by atoms with Gasteiger partial charge in [0.15, 0.2) is 0 Å². The molecule has 0 saturated heterocycles. The minimum Gasteiger partial charge on any atom is -0.352 e. The zero-order chi connectivity index (χ0) is 15.4. The molecule has 0 atom stereocenters. The number of carbonyl (C=O) groups is 1. The van der Waals surface area contributed by atoms with Crippen LogP contribution in [-0.4, -0.2) is 12.5 Å². The van der Waals surface area contributed by atoms with Crippen LogP contribution >= 0.6 is 34.2 Å². The van der Waals surface area contributed by atoms with Crippen molar-refractivity contribution in [2.75, 3.05) is 6.54 Å². The van der Waals surface area contributed by atoms with E-state index in [0.29, 0.717) is 22.6 Å². The van der Waals surface area contributed by atoms with Gasteiger partial charge in [-0.1, -0.05) is 11.6 Å². The van der Waals surface area contributed by atoms with Crippen molar-refractivity contribution in [3.8, 4) is 0 Å². The van der Waals surface area contributed by atoms with Crippen LogP contribution in [0, 0.1) is 15.2 Å². The normalized spacial score (nSPS) is 10.5. The van der Waals surface area contributed by atoms with Crippen molar-refractivity contribution in [1.29, 1.82) is 0 Å². The molecule has 0 unspecified atom stereocenters. The summed E-state index contributed by atoms with van der Waals surface area (Å²) in [4.78, 5) is 12.0. The van der Waals surface area contributed by atoms with E-state index in [1.807, 2.05) is 22.6 Å². The van der Waals surface area contributed by atoms with Crippen molar-refractivity contribution in [2.45, 2.75) is 6.42 Å². The Morgan fingerprint density at radius 3 is 2.48 bits per heavy atom. The second kappa shape index (κ2) is 7.17. The van der Waals surface area contributed by atoms with Crippen LogP contribution in [0.3, 0.4) is 0 Å². The smallest absolute Gasteiger partial charge is 0.252 e. The van der Waals surface area contributed by atoms with E-state index in [2.05, 4.69) is 5.32 Å². The number of nitrogens with one attached hydrogen (secondary N) is 1. The summed E-state index contributed by atoms with van der Waals surface area (Å²) >= 11 is 7.90. The fourth-order valence-electron chi connectivity index (χ4n) is 1.84. The molecule has 2 nitrogen and oxygen atoms in total. The quantitative estimate of drug-likeness (QED) is 0.737. The molecule has 110 valence electrons. The van der Waals surface area contributed by atoms with Gasteiger partial charge in [-0.25, -0.2) is 8.78 Å². The summed E-state index contributed by atoms with van der Waals surface area (Å²) in [7, 11) is 0. The van der Waals surface area contributed by atoms with Crippen LogP contribution in [0.1, 0.15) is 15.9 Å². The van der Waals surface area contributed by atoms with E-state index < -0.39 is 11.6 Å². The second-order valence-corrected chi connectivity index (χ2v) is 6.01. The molecule has 0 heterocycles. The molecule has 0 saturated carbocycles. The Bertz CT molecular complexity index is 658. The summed E-state index contributed by atoms with van der Waals surface area (Å²) in [5.41, 5.74) is 0.974. The first-order chi connectivity index (χ1) is 9.95. The van der Waals surface area contributed by atoms with Crippen LogP contribution in [0.25, 0.3) is 0 Å². The Kier molecular flexibility index (Phi) is 5.52. The SMILES string of the molecule is O=C(NCCc1cc(F)cc(F)c1)c1cc(Cl)ccc1I. The van der Waals surface area contributed by atoms with Crippen molar-refractivity contribution >= 4 is 40.1 Å². The number of carbonyl (C=O) groups excluding carboxylic acids is 1. The lowest BCUT2D eigenvalue weighted by atomic mass is 10.1. The van der Waals surface area contributed by atoms with Gasteiger partial charge in [-0.2, -0.15) is 0 Å². The molecule has 0 spiro atoms. The number of hydrogen-bond donors (Lipinski definition) is 1. The van der Waals surface area contributed by atoms with Gasteiger partial charge < -0.3 is 5.32 Å². The monoisotopic (exact) mass is 421 g/mol. The predicted octanol–water partition coefficient (Wildman–Crippen LogP) is 4.20. The molecule has 2 rings (SSSR count). The maximum Gasteiger partial charge on any atom is 0.252 e. The van der Waals surface area contributed by atoms with E-state index >= 15 is 0 Å². The Balaban J connectivity index is 1.96. The third-order valence-electron chi connectivity index (χ3n) is 2.79. The van der Waals surface area contributed by atoms with Gasteiger partial charge in [0.2, 0.25) is 0 Å². The highest BCUT2D eigenvalue weighted by atomic mass is 127. The maximum atomic E-state index is 13.0. The van der Waals surface area contributed by atoms with Gasteiger partial charge in [0.1, 0.15) is 11.6 Å². The zero-order valence-electron chi connectivity index (χ0n) is 10.8. The number of amides is 1. The van der Waals surface area contributed by atoms with Crippen molar-refractivity contribution in [2.24, 2.45) is 0 Å². The molecule has 0 aliphatic carbocycles. The maximum absolute atomic E-state index is 13.0. The largest absolute Gasteiger partial charge is 0.352 e. The molecule has 0 aromatic heterocycles. The van der Waals surface area contributed by atoms with Crippen LogP contribution in [0.4, 0.5) is 8.78 Å². The van der Waals surface area contributed by atoms with Crippen LogP contribution in [0.15, 0.2) is 36.4 Å². The van der Waals surface area contributed by atoms with Crippen molar-refractivity contribution in [3.63, 3.8) is 0 Å². The van der Waals surface area contributed by atoms with Crippen molar-refractivity contribution < 1.29 is 13.6 Å². The van der Waals surface area contributed by atoms with Crippen LogP contribution in [0.2, 0.25) is 5.02 Å². The molecule has 1 N–H and O–H groups in total. The third kappa shape index (κ3) is 4.64. The molecular formula is C15H11ClF2INO.